The molecule has 0 bridgehead atoms. The number of allylic oxidation sites excluding steroid dienone is 20. The van der Waals surface area contributed by atoms with Gasteiger partial charge in [-0.2, -0.15) is 0 Å². The summed E-state index contributed by atoms with van der Waals surface area (Å²) in [4.78, 5) is 25.8. The zero-order valence-electron chi connectivity index (χ0n) is 51.5. The predicted octanol–water partition coefficient (Wildman–Crippen LogP) is 22.6. The van der Waals surface area contributed by atoms with Crippen LogP contribution in [0.1, 0.15) is 289 Å². The third kappa shape index (κ3) is 31.5. The maximum absolute atomic E-state index is 12.9. The third-order valence-corrected chi connectivity index (χ3v) is 16.1. The first-order valence-electron chi connectivity index (χ1n) is 31.4. The number of esters is 2. The van der Waals surface area contributed by atoms with Crippen LogP contribution in [0.25, 0.3) is 0 Å². The Bertz CT molecular complexity index is 1850. The molecule has 2 rings (SSSR count). The first-order chi connectivity index (χ1) is 36.5. The van der Waals surface area contributed by atoms with Gasteiger partial charge in [-0.15, -0.1) is 0 Å². The van der Waals surface area contributed by atoms with Crippen LogP contribution in [0.5, 0.6) is 0 Å². The zero-order chi connectivity index (χ0) is 55.9. The lowest BCUT2D eigenvalue weighted by Crippen LogP contribution is -2.30. The van der Waals surface area contributed by atoms with Crippen LogP contribution in [-0.4, -0.2) is 24.1 Å². The van der Waals surface area contributed by atoms with Crippen molar-refractivity contribution in [3.05, 3.63) is 130 Å². The molecule has 0 aliphatic heterocycles. The number of carbonyl (C=O) groups excluding carboxylic acids is 2. The molecule has 0 radical (unpaired) electrons. The Morgan fingerprint density at radius 1 is 0.408 bits per heavy atom. The quantitative estimate of drug-likeness (QED) is 0.0349. The first kappa shape index (κ1) is 68.2. The van der Waals surface area contributed by atoms with Gasteiger partial charge in [0.15, 0.2) is 0 Å². The van der Waals surface area contributed by atoms with Crippen LogP contribution in [0.3, 0.4) is 0 Å². The molecule has 76 heavy (non-hydrogen) atoms. The lowest BCUT2D eigenvalue weighted by atomic mass is 9.71. The minimum Gasteiger partial charge on any atom is -0.458 e. The van der Waals surface area contributed by atoms with Crippen molar-refractivity contribution < 1.29 is 19.1 Å². The summed E-state index contributed by atoms with van der Waals surface area (Å²) in [5, 5.41) is 0. The molecule has 0 amide bonds. The van der Waals surface area contributed by atoms with Gasteiger partial charge in [-0.25, -0.2) is 0 Å². The Kier molecular flexibility index (Phi) is 36.9. The molecule has 2 unspecified atom stereocenters. The van der Waals surface area contributed by atoms with E-state index in [-0.39, 0.29) is 35.0 Å². The molecule has 4 heteroatoms. The van der Waals surface area contributed by atoms with Crippen LogP contribution in [0.2, 0.25) is 0 Å². The Morgan fingerprint density at radius 3 is 0.974 bits per heavy atom. The van der Waals surface area contributed by atoms with Crippen molar-refractivity contribution in [2.45, 2.75) is 301 Å². The largest absolute Gasteiger partial charge is 0.458 e. The van der Waals surface area contributed by atoms with E-state index in [9.17, 15) is 9.59 Å². The fraction of sp³-hybridized carbons (Fsp3) is 0.667. The van der Waals surface area contributed by atoms with Crippen LogP contribution in [0, 0.1) is 10.8 Å². The van der Waals surface area contributed by atoms with E-state index in [1.54, 1.807) is 0 Å². The Balaban J connectivity index is 1.80. The average molecular weight is 1050 g/mol. The summed E-state index contributed by atoms with van der Waals surface area (Å²) in [6, 6.07) is 0. The molecule has 0 aromatic rings. The van der Waals surface area contributed by atoms with Gasteiger partial charge in [0, 0.05) is 12.8 Å². The van der Waals surface area contributed by atoms with Gasteiger partial charge in [0.1, 0.15) is 12.2 Å². The van der Waals surface area contributed by atoms with Gasteiger partial charge in [-0.3, -0.25) is 9.59 Å². The minimum absolute atomic E-state index is 0.0380. The van der Waals surface area contributed by atoms with Gasteiger partial charge >= 0.3 is 11.9 Å². The summed E-state index contributed by atoms with van der Waals surface area (Å²) in [6.07, 6.45) is 68.6. The molecule has 0 heterocycles. The number of unbranched alkanes of at least 4 members (excludes halogenated alkanes) is 24. The van der Waals surface area contributed by atoms with E-state index in [0.717, 1.165) is 51.4 Å². The standard InChI is InChI=1S/C72H116O4/c1-13-15-17-19-21-23-25-27-29-31-33-35-37-49-69(73)75-67-55-57-71(9,10)65(63(67)7)53-51-61(5)47-41-45-59(3)43-39-40-44-60(4)46-42-48-62(6)52-54-66-64(8)68(56-58-72(66,11)12)76-70(74)50-38-36-34-32-30-28-26-24-22-20-18-16-14-2/h39-48,51-54,67-68H,13-38,49-50,55-58H2,1-12H3. The molecule has 0 aromatic carbocycles. The Labute approximate surface area is 470 Å². The summed E-state index contributed by atoms with van der Waals surface area (Å²) >= 11 is 0. The number of carbonyl (C=O) groups is 2. The smallest absolute Gasteiger partial charge is 0.306 e. The van der Waals surface area contributed by atoms with Crippen LogP contribution in [0.4, 0.5) is 0 Å². The highest BCUT2D eigenvalue weighted by Gasteiger charge is 2.35. The summed E-state index contributed by atoms with van der Waals surface area (Å²) < 4.78 is 12.2. The highest BCUT2D eigenvalue weighted by Crippen LogP contribution is 2.43. The molecule has 2 aliphatic carbocycles. The second kappa shape index (κ2) is 41.2. The van der Waals surface area contributed by atoms with Crippen LogP contribution < -0.4 is 0 Å². The molecule has 0 aromatic heterocycles. The van der Waals surface area contributed by atoms with Crippen LogP contribution in [-0.2, 0) is 19.1 Å². The molecular weight excluding hydrogens is 929 g/mol. The first-order valence-corrected chi connectivity index (χ1v) is 31.4. The molecule has 0 saturated carbocycles. The van der Waals surface area contributed by atoms with Crippen molar-refractivity contribution in [1.82, 2.24) is 0 Å². The monoisotopic (exact) mass is 1040 g/mol. The molecule has 0 fully saturated rings. The van der Waals surface area contributed by atoms with E-state index >= 15 is 0 Å². The predicted molar refractivity (Wildman–Crippen MR) is 333 cm³/mol. The second-order valence-corrected chi connectivity index (χ2v) is 24.4. The van der Waals surface area contributed by atoms with Crippen molar-refractivity contribution in [2.75, 3.05) is 0 Å². The Morgan fingerprint density at radius 2 is 0.671 bits per heavy atom. The van der Waals surface area contributed by atoms with Crippen molar-refractivity contribution >= 4 is 11.9 Å². The van der Waals surface area contributed by atoms with Gasteiger partial charge in [-0.05, 0) is 113 Å². The van der Waals surface area contributed by atoms with Gasteiger partial charge < -0.3 is 9.47 Å². The molecule has 0 N–H and O–H groups in total. The van der Waals surface area contributed by atoms with Crippen molar-refractivity contribution in [3.63, 3.8) is 0 Å². The number of hydrogen-bond acceptors (Lipinski definition) is 4. The van der Waals surface area contributed by atoms with Gasteiger partial charge in [0.25, 0.3) is 0 Å². The van der Waals surface area contributed by atoms with Gasteiger partial charge in [0.2, 0.25) is 0 Å². The molecule has 2 atom stereocenters. The van der Waals surface area contributed by atoms with Gasteiger partial charge in [-0.1, -0.05) is 303 Å². The number of ether oxygens (including phenoxy) is 2. The molecular formula is C72H116O4. The van der Waals surface area contributed by atoms with E-state index < -0.39 is 0 Å². The van der Waals surface area contributed by atoms with Crippen molar-refractivity contribution in [2.24, 2.45) is 10.8 Å². The van der Waals surface area contributed by atoms with E-state index in [1.807, 2.05) is 0 Å². The summed E-state index contributed by atoms with van der Waals surface area (Å²) in [7, 11) is 0. The molecule has 428 valence electrons. The lowest BCUT2D eigenvalue weighted by Gasteiger charge is -2.37. The maximum atomic E-state index is 12.9. The normalized spacial score (nSPS) is 19.0. The van der Waals surface area contributed by atoms with E-state index in [1.165, 1.54) is 186 Å². The molecule has 0 spiro atoms. The van der Waals surface area contributed by atoms with E-state index in [0.29, 0.717) is 12.8 Å². The second-order valence-electron chi connectivity index (χ2n) is 24.4. The zero-order valence-corrected chi connectivity index (χ0v) is 51.5. The molecule has 4 nitrogen and oxygen atoms in total. The van der Waals surface area contributed by atoms with Crippen LogP contribution >= 0.6 is 0 Å². The minimum atomic E-state index is -0.128. The van der Waals surface area contributed by atoms with Crippen molar-refractivity contribution in [1.29, 1.82) is 0 Å². The SMILES string of the molecule is CCCCCCCCCCCCCCCC(=O)OC1CCC(C)(C)C(C=CC(C)=CC=CC(C)=CC=CC=C(C)C=CC=C(C)C=CC2=C(C)C(OC(=O)CCCCCCCCCCCCCCC)CCC2(C)C)=C1C. The topological polar surface area (TPSA) is 52.6 Å². The molecule has 2 aliphatic rings. The van der Waals surface area contributed by atoms with Crippen molar-refractivity contribution in [3.8, 4) is 0 Å². The maximum Gasteiger partial charge on any atom is 0.306 e. The van der Waals surface area contributed by atoms with E-state index in [2.05, 4.69) is 168 Å². The average Bonchev–Trinajstić information content (AvgIpc) is 3.37. The highest BCUT2D eigenvalue weighted by atomic mass is 16.5. The van der Waals surface area contributed by atoms with Crippen LogP contribution in [0.15, 0.2) is 130 Å². The molecule has 0 saturated heterocycles. The van der Waals surface area contributed by atoms with Gasteiger partial charge in [0.05, 0.1) is 0 Å². The third-order valence-electron chi connectivity index (χ3n) is 16.1. The lowest BCUT2D eigenvalue weighted by molar-refractivity contribution is -0.149. The summed E-state index contributed by atoms with van der Waals surface area (Å²) in [6.45, 7) is 26.6. The fourth-order valence-electron chi connectivity index (χ4n) is 10.9. The number of hydrogen-bond donors (Lipinski definition) is 0. The summed E-state index contributed by atoms with van der Waals surface area (Å²) in [5.74, 6) is -0.0848. The Hall–Kier alpha value is -3.92. The number of rotatable bonds is 40. The summed E-state index contributed by atoms with van der Waals surface area (Å²) in [5.41, 5.74) is 9.73. The highest BCUT2D eigenvalue weighted by molar-refractivity contribution is 5.70. The van der Waals surface area contributed by atoms with E-state index in [4.69, 9.17) is 9.47 Å². The fourth-order valence-corrected chi connectivity index (χ4v) is 10.9.